The first-order valence-corrected chi connectivity index (χ1v) is 17.6. The predicted molar refractivity (Wildman–Crippen MR) is 198 cm³/mol. The van der Waals surface area contributed by atoms with Gasteiger partial charge in [-0.25, -0.2) is 0 Å². The van der Waals surface area contributed by atoms with Gasteiger partial charge in [-0.05, 0) is 126 Å². The zero-order valence-electron chi connectivity index (χ0n) is 28.1. The molecule has 1 saturated carbocycles. The Labute approximate surface area is 278 Å². The quantitative estimate of drug-likeness (QED) is 0.151. The van der Waals surface area contributed by atoms with Crippen molar-refractivity contribution in [2.45, 2.75) is 71.6 Å². The number of hydrogen-bond donors (Lipinski definition) is 0. The van der Waals surface area contributed by atoms with Gasteiger partial charge in [0.2, 0.25) is 0 Å². The summed E-state index contributed by atoms with van der Waals surface area (Å²) in [6.07, 6.45) is 28.1. The minimum absolute atomic E-state index is 0.405. The minimum atomic E-state index is 0.405. The second-order valence-electron chi connectivity index (χ2n) is 14.4. The highest BCUT2D eigenvalue weighted by atomic mass is 14.4. The van der Waals surface area contributed by atoms with Crippen molar-refractivity contribution in [1.29, 1.82) is 0 Å². The van der Waals surface area contributed by atoms with Gasteiger partial charge < -0.3 is 0 Å². The molecule has 0 aliphatic heterocycles. The van der Waals surface area contributed by atoms with Crippen LogP contribution in [0.15, 0.2) is 121 Å². The van der Waals surface area contributed by atoms with E-state index in [-0.39, 0.29) is 0 Å². The highest BCUT2D eigenvalue weighted by Gasteiger charge is 2.30. The summed E-state index contributed by atoms with van der Waals surface area (Å²) in [4.78, 5) is 0. The summed E-state index contributed by atoms with van der Waals surface area (Å²) in [6.45, 7) is 11.6. The van der Waals surface area contributed by atoms with Crippen molar-refractivity contribution in [2.24, 2.45) is 29.6 Å². The van der Waals surface area contributed by atoms with E-state index in [4.69, 9.17) is 13.0 Å². The van der Waals surface area contributed by atoms with E-state index < -0.39 is 0 Å². The smallest absolute Gasteiger partial charge is 0.0321 e. The van der Waals surface area contributed by atoms with Crippen LogP contribution in [0.5, 0.6) is 0 Å². The van der Waals surface area contributed by atoms with Crippen molar-refractivity contribution in [3.8, 4) is 12.3 Å². The molecule has 0 radical (unpaired) electrons. The van der Waals surface area contributed by atoms with E-state index in [0.29, 0.717) is 35.5 Å². The Morgan fingerprint density at radius 3 is 2.24 bits per heavy atom. The Hall–Kier alpha value is -4.08. The molecule has 3 aliphatic rings. The molecule has 3 aliphatic carbocycles. The van der Waals surface area contributed by atoms with E-state index in [1.807, 2.05) is 0 Å². The van der Waals surface area contributed by atoms with Gasteiger partial charge >= 0.3 is 0 Å². The molecule has 3 aromatic rings. The van der Waals surface area contributed by atoms with Gasteiger partial charge in [0.1, 0.15) is 0 Å². The summed E-state index contributed by atoms with van der Waals surface area (Å²) in [5.74, 6) is 6.31. The van der Waals surface area contributed by atoms with E-state index in [0.717, 1.165) is 24.8 Å². The molecule has 0 heteroatoms. The van der Waals surface area contributed by atoms with Crippen molar-refractivity contribution in [3.05, 3.63) is 155 Å². The lowest BCUT2D eigenvalue weighted by atomic mass is 9.69. The molecule has 46 heavy (non-hydrogen) atoms. The molecule has 0 saturated heterocycles. The Bertz CT molecular complexity index is 1670. The zero-order valence-corrected chi connectivity index (χ0v) is 28.1. The average Bonchev–Trinajstić information content (AvgIpc) is 3.76. The lowest BCUT2D eigenvalue weighted by molar-refractivity contribution is 0.252. The molecular weight excluding hydrogens is 553 g/mol. The van der Waals surface area contributed by atoms with Crippen LogP contribution in [-0.2, 0) is 12.8 Å². The van der Waals surface area contributed by atoms with Crippen LogP contribution in [-0.4, -0.2) is 0 Å². The van der Waals surface area contributed by atoms with E-state index >= 15 is 0 Å². The van der Waals surface area contributed by atoms with Gasteiger partial charge in [-0.2, -0.15) is 0 Å². The Kier molecular flexibility index (Phi) is 10.1. The van der Waals surface area contributed by atoms with E-state index in [2.05, 4.69) is 136 Å². The van der Waals surface area contributed by atoms with Gasteiger partial charge in [0.15, 0.2) is 0 Å². The van der Waals surface area contributed by atoms with Crippen molar-refractivity contribution in [1.82, 2.24) is 0 Å². The Morgan fingerprint density at radius 2 is 1.59 bits per heavy atom. The topological polar surface area (TPSA) is 0 Å². The number of terminal acetylenes is 1. The Balaban J connectivity index is 1.15. The molecule has 3 aromatic carbocycles. The Morgan fingerprint density at radius 1 is 0.848 bits per heavy atom. The van der Waals surface area contributed by atoms with Crippen LogP contribution in [0.2, 0.25) is 0 Å². The van der Waals surface area contributed by atoms with Crippen molar-refractivity contribution in [3.63, 3.8) is 0 Å². The number of rotatable bonds is 11. The second-order valence-corrected chi connectivity index (χ2v) is 14.4. The van der Waals surface area contributed by atoms with Crippen LogP contribution >= 0.6 is 0 Å². The van der Waals surface area contributed by atoms with Crippen LogP contribution in [0.4, 0.5) is 0 Å². The fourth-order valence-electron chi connectivity index (χ4n) is 7.94. The number of aryl methyl sites for hydroxylation is 1. The molecule has 0 bridgehead atoms. The molecule has 0 aromatic heterocycles. The summed E-state index contributed by atoms with van der Waals surface area (Å²) in [5, 5.41) is 0. The number of allylic oxidation sites excluding steroid dienone is 9. The minimum Gasteiger partial charge on any atom is -0.115 e. The monoisotopic (exact) mass is 602 g/mol. The van der Waals surface area contributed by atoms with E-state index in [9.17, 15) is 0 Å². The normalized spacial score (nSPS) is 22.8. The second kappa shape index (κ2) is 14.6. The van der Waals surface area contributed by atoms with Crippen LogP contribution < -0.4 is 0 Å². The fraction of sp³-hybridized carbons (Fsp3) is 0.348. The third-order valence-corrected chi connectivity index (χ3v) is 10.7. The summed E-state index contributed by atoms with van der Waals surface area (Å²) in [7, 11) is 0. The summed E-state index contributed by atoms with van der Waals surface area (Å²) in [5.41, 5.74) is 11.8. The number of benzene rings is 3. The number of hydrogen-bond acceptors (Lipinski definition) is 0. The highest BCUT2D eigenvalue weighted by molar-refractivity contribution is 5.80. The molecule has 0 heterocycles. The predicted octanol–water partition coefficient (Wildman–Crippen LogP) is 11.8. The van der Waals surface area contributed by atoms with Crippen LogP contribution in [0.3, 0.4) is 0 Å². The highest BCUT2D eigenvalue weighted by Crippen LogP contribution is 2.44. The summed E-state index contributed by atoms with van der Waals surface area (Å²) < 4.78 is 0. The van der Waals surface area contributed by atoms with Gasteiger partial charge in [0, 0.05) is 11.5 Å². The van der Waals surface area contributed by atoms with Gasteiger partial charge in [0.25, 0.3) is 0 Å². The van der Waals surface area contributed by atoms with Crippen molar-refractivity contribution in [2.75, 3.05) is 0 Å². The largest absolute Gasteiger partial charge is 0.115 e. The fourth-order valence-corrected chi connectivity index (χ4v) is 7.94. The molecule has 0 N–H and O–H groups in total. The van der Waals surface area contributed by atoms with Crippen LogP contribution in [0, 0.1) is 41.9 Å². The van der Waals surface area contributed by atoms with Crippen molar-refractivity contribution >= 4 is 11.1 Å². The average molecular weight is 603 g/mol. The van der Waals surface area contributed by atoms with E-state index in [1.165, 1.54) is 70.2 Å². The maximum Gasteiger partial charge on any atom is 0.0321 e. The maximum atomic E-state index is 5.95. The first-order valence-electron chi connectivity index (χ1n) is 17.6. The molecule has 6 rings (SSSR count). The summed E-state index contributed by atoms with van der Waals surface area (Å²) in [6, 6.07) is 27.2. The maximum absolute atomic E-state index is 5.95. The van der Waals surface area contributed by atoms with Crippen LogP contribution in [0.25, 0.3) is 11.1 Å². The lowest BCUT2D eigenvalue weighted by Crippen LogP contribution is -2.23. The first-order chi connectivity index (χ1) is 22.4. The molecular formula is C46H50. The molecule has 0 nitrogen and oxygen atoms in total. The third-order valence-electron chi connectivity index (χ3n) is 10.7. The zero-order chi connectivity index (χ0) is 32.0. The van der Waals surface area contributed by atoms with Gasteiger partial charge in [0.05, 0.1) is 0 Å². The molecule has 3 atom stereocenters. The standard InChI is InChI=1S/C46H50/c1-6-38-19-17-37(30-45(38)44-27-26-42(31-44)32(2)3)29-36-15-20-40(21-16-36)46(34(5)13-14-35-10-8-7-9-11-35)41-24-22-39(23-25-41)43-18-12-33(4)28-43/h1,7-12,17-19,22-28,30-33,36,40,42,46H,5,13-16,20-21,29H2,2-4H3. The van der Waals surface area contributed by atoms with Gasteiger partial charge in [-0.15, -0.1) is 6.42 Å². The van der Waals surface area contributed by atoms with Crippen LogP contribution in [0.1, 0.15) is 92.2 Å². The third kappa shape index (κ3) is 7.48. The SMILES string of the molecule is C#Cc1ccc(CC2CCC(C(C(=C)CCc3ccccc3)c3ccc(C4=CC(C)C=C4)cc3)CC2)cc1C1=CC(C(C)C)C=C1. The molecule has 234 valence electrons. The first kappa shape index (κ1) is 31.9. The molecule has 3 unspecified atom stereocenters. The molecule has 1 fully saturated rings. The summed E-state index contributed by atoms with van der Waals surface area (Å²) >= 11 is 0. The van der Waals surface area contributed by atoms with Gasteiger partial charge in [-0.3, -0.25) is 0 Å². The molecule has 0 amide bonds. The van der Waals surface area contributed by atoms with Crippen molar-refractivity contribution < 1.29 is 0 Å². The molecule has 0 spiro atoms. The van der Waals surface area contributed by atoms with Gasteiger partial charge in [-0.1, -0.05) is 136 Å². The van der Waals surface area contributed by atoms with E-state index in [1.54, 1.807) is 0 Å². The lowest BCUT2D eigenvalue weighted by Gasteiger charge is -2.36.